The quantitative estimate of drug-likeness (QED) is 0.876. The van der Waals surface area contributed by atoms with E-state index in [4.69, 9.17) is 4.74 Å². The van der Waals surface area contributed by atoms with Crippen molar-refractivity contribution in [2.24, 2.45) is 0 Å². The molecule has 0 radical (unpaired) electrons. The summed E-state index contributed by atoms with van der Waals surface area (Å²) in [6.07, 6.45) is 2.06. The Hall–Kier alpha value is -2.56. The van der Waals surface area contributed by atoms with Gasteiger partial charge in [0, 0.05) is 6.42 Å². The highest BCUT2D eigenvalue weighted by atomic mass is 16.5. The molecule has 0 aliphatic heterocycles. The van der Waals surface area contributed by atoms with Gasteiger partial charge in [0.15, 0.2) is 0 Å². The van der Waals surface area contributed by atoms with E-state index >= 15 is 0 Å². The van der Waals surface area contributed by atoms with Gasteiger partial charge < -0.3 is 15.4 Å². The molecule has 0 spiro atoms. The Morgan fingerprint density at radius 3 is 2.70 bits per heavy atom. The van der Waals surface area contributed by atoms with Crippen LogP contribution in [-0.4, -0.2) is 18.0 Å². The molecule has 0 bridgehead atoms. The molecule has 1 amide bonds. The maximum atomic E-state index is 11.3. The van der Waals surface area contributed by atoms with Crippen molar-refractivity contribution >= 4 is 23.1 Å². The van der Waals surface area contributed by atoms with Gasteiger partial charge in [0.05, 0.1) is 24.7 Å². The first-order valence-corrected chi connectivity index (χ1v) is 6.39. The molecule has 0 fully saturated rings. The van der Waals surface area contributed by atoms with Crippen LogP contribution >= 0.6 is 0 Å². The minimum Gasteiger partial charge on any atom is -0.495 e. The molecule has 0 aliphatic carbocycles. The summed E-state index contributed by atoms with van der Waals surface area (Å²) in [7, 11) is 1.62. The molecule has 0 saturated carbocycles. The van der Waals surface area contributed by atoms with Crippen molar-refractivity contribution in [2.45, 2.75) is 13.3 Å². The molecule has 1 aromatic carbocycles. The average molecular weight is 271 g/mol. The van der Waals surface area contributed by atoms with Gasteiger partial charge >= 0.3 is 0 Å². The number of amides is 1. The van der Waals surface area contributed by atoms with Crippen molar-refractivity contribution in [3.63, 3.8) is 0 Å². The van der Waals surface area contributed by atoms with Crippen LogP contribution in [0.2, 0.25) is 0 Å². The van der Waals surface area contributed by atoms with E-state index in [-0.39, 0.29) is 5.91 Å². The first kappa shape index (κ1) is 13.9. The summed E-state index contributed by atoms with van der Waals surface area (Å²) < 4.78 is 5.26. The van der Waals surface area contributed by atoms with E-state index in [1.807, 2.05) is 24.3 Å². The lowest BCUT2D eigenvalue weighted by atomic mass is 10.3. The molecule has 5 nitrogen and oxygen atoms in total. The van der Waals surface area contributed by atoms with Gasteiger partial charge in [-0.05, 0) is 24.3 Å². The van der Waals surface area contributed by atoms with Crippen LogP contribution in [0.3, 0.4) is 0 Å². The van der Waals surface area contributed by atoms with E-state index in [9.17, 15) is 4.79 Å². The number of hydrogen-bond donors (Lipinski definition) is 2. The fraction of sp³-hybridized carbons (Fsp3) is 0.200. The second-order valence-electron chi connectivity index (χ2n) is 4.16. The third-order valence-corrected chi connectivity index (χ3v) is 2.74. The zero-order valence-corrected chi connectivity index (χ0v) is 11.5. The number of anilines is 3. The number of benzene rings is 1. The monoisotopic (exact) mass is 271 g/mol. The van der Waals surface area contributed by atoms with Crippen molar-refractivity contribution in [3.05, 3.63) is 42.6 Å². The van der Waals surface area contributed by atoms with E-state index in [1.54, 1.807) is 32.4 Å². The zero-order chi connectivity index (χ0) is 14.4. The predicted molar refractivity (Wildman–Crippen MR) is 79.4 cm³/mol. The number of carbonyl (C=O) groups excluding carboxylic acids is 1. The van der Waals surface area contributed by atoms with Crippen LogP contribution in [0.15, 0.2) is 42.6 Å². The van der Waals surface area contributed by atoms with Gasteiger partial charge in [0.25, 0.3) is 0 Å². The maximum Gasteiger partial charge on any atom is 0.224 e. The minimum atomic E-state index is -0.0303. The molecule has 1 heterocycles. The highest BCUT2D eigenvalue weighted by molar-refractivity contribution is 5.90. The van der Waals surface area contributed by atoms with Crippen molar-refractivity contribution in [3.8, 4) is 5.75 Å². The summed E-state index contributed by atoms with van der Waals surface area (Å²) in [5.74, 6) is 1.40. The number of para-hydroxylation sites is 2. The standard InChI is InChI=1S/C15H17N3O2/c1-3-15(19)17-11-8-9-14(16-10-11)18-12-6-4-5-7-13(12)20-2/h4-10H,3H2,1-2H3,(H,16,18)(H,17,19). The van der Waals surface area contributed by atoms with Gasteiger partial charge in [-0.2, -0.15) is 0 Å². The number of hydrogen-bond acceptors (Lipinski definition) is 4. The lowest BCUT2D eigenvalue weighted by Gasteiger charge is -2.10. The van der Waals surface area contributed by atoms with E-state index in [0.717, 1.165) is 11.4 Å². The Morgan fingerprint density at radius 1 is 1.25 bits per heavy atom. The van der Waals surface area contributed by atoms with Gasteiger partial charge in [-0.3, -0.25) is 4.79 Å². The van der Waals surface area contributed by atoms with E-state index in [2.05, 4.69) is 15.6 Å². The summed E-state index contributed by atoms with van der Waals surface area (Å²) in [6.45, 7) is 1.81. The zero-order valence-electron chi connectivity index (χ0n) is 11.5. The van der Waals surface area contributed by atoms with Crippen molar-refractivity contribution in [2.75, 3.05) is 17.7 Å². The molecule has 104 valence electrons. The number of nitrogens with one attached hydrogen (secondary N) is 2. The van der Waals surface area contributed by atoms with Gasteiger partial charge in [0.1, 0.15) is 11.6 Å². The van der Waals surface area contributed by atoms with Gasteiger partial charge in [-0.25, -0.2) is 4.98 Å². The highest BCUT2D eigenvalue weighted by Crippen LogP contribution is 2.26. The molecule has 20 heavy (non-hydrogen) atoms. The van der Waals surface area contributed by atoms with Gasteiger partial charge in [0.2, 0.25) is 5.91 Å². The highest BCUT2D eigenvalue weighted by Gasteiger charge is 2.03. The van der Waals surface area contributed by atoms with Gasteiger partial charge in [-0.1, -0.05) is 19.1 Å². The molecule has 5 heteroatoms. The smallest absolute Gasteiger partial charge is 0.224 e. The van der Waals surface area contributed by atoms with Crippen LogP contribution in [0, 0.1) is 0 Å². The first-order chi connectivity index (χ1) is 9.72. The number of ether oxygens (including phenoxy) is 1. The van der Waals surface area contributed by atoms with Crippen molar-refractivity contribution < 1.29 is 9.53 Å². The number of aromatic nitrogens is 1. The fourth-order valence-corrected chi connectivity index (χ4v) is 1.68. The second kappa shape index (κ2) is 6.56. The predicted octanol–water partition coefficient (Wildman–Crippen LogP) is 3.18. The van der Waals surface area contributed by atoms with Crippen LogP contribution < -0.4 is 15.4 Å². The SMILES string of the molecule is CCC(=O)Nc1ccc(Nc2ccccc2OC)nc1. The Bertz CT molecular complexity index is 582. The molecular formula is C15H17N3O2. The van der Waals surface area contributed by atoms with Crippen LogP contribution in [0.5, 0.6) is 5.75 Å². The summed E-state index contributed by atoms with van der Waals surface area (Å²) in [4.78, 5) is 15.5. The average Bonchev–Trinajstić information content (AvgIpc) is 2.49. The second-order valence-corrected chi connectivity index (χ2v) is 4.16. The van der Waals surface area contributed by atoms with Crippen molar-refractivity contribution in [1.82, 2.24) is 4.98 Å². The van der Waals surface area contributed by atoms with Crippen molar-refractivity contribution in [1.29, 1.82) is 0 Å². The molecule has 0 unspecified atom stereocenters. The minimum absolute atomic E-state index is 0.0303. The van der Waals surface area contributed by atoms with E-state index < -0.39 is 0 Å². The van der Waals surface area contributed by atoms with Crippen LogP contribution in [0.4, 0.5) is 17.2 Å². The Kier molecular flexibility index (Phi) is 4.55. The van der Waals surface area contributed by atoms with Crippen LogP contribution in [0.1, 0.15) is 13.3 Å². The largest absolute Gasteiger partial charge is 0.495 e. The molecule has 0 saturated heterocycles. The molecule has 2 aromatic rings. The topological polar surface area (TPSA) is 63.2 Å². The van der Waals surface area contributed by atoms with Crippen LogP contribution in [0.25, 0.3) is 0 Å². The van der Waals surface area contributed by atoms with E-state index in [1.165, 1.54) is 0 Å². The number of pyridine rings is 1. The number of rotatable bonds is 5. The number of carbonyl (C=O) groups is 1. The normalized spacial score (nSPS) is 9.90. The summed E-state index contributed by atoms with van der Waals surface area (Å²) in [6, 6.07) is 11.2. The molecule has 2 N–H and O–H groups in total. The van der Waals surface area contributed by atoms with Crippen LogP contribution in [-0.2, 0) is 4.79 Å². The fourth-order valence-electron chi connectivity index (χ4n) is 1.68. The molecule has 0 aliphatic rings. The molecule has 1 aromatic heterocycles. The number of nitrogens with zero attached hydrogens (tertiary/aromatic N) is 1. The first-order valence-electron chi connectivity index (χ1n) is 6.39. The maximum absolute atomic E-state index is 11.3. The Labute approximate surface area is 118 Å². The summed E-state index contributed by atoms with van der Waals surface area (Å²) in [5, 5.41) is 5.92. The number of methoxy groups -OCH3 is 1. The lowest BCUT2D eigenvalue weighted by Crippen LogP contribution is -2.09. The Morgan fingerprint density at radius 2 is 2.05 bits per heavy atom. The van der Waals surface area contributed by atoms with E-state index in [0.29, 0.717) is 17.9 Å². The molecular weight excluding hydrogens is 254 g/mol. The summed E-state index contributed by atoms with van der Waals surface area (Å²) >= 11 is 0. The lowest BCUT2D eigenvalue weighted by molar-refractivity contribution is -0.115. The van der Waals surface area contributed by atoms with Gasteiger partial charge in [-0.15, -0.1) is 0 Å². The Balaban J connectivity index is 2.09. The third-order valence-electron chi connectivity index (χ3n) is 2.74. The molecule has 2 rings (SSSR count). The summed E-state index contributed by atoms with van der Waals surface area (Å²) in [5.41, 5.74) is 1.52. The molecule has 0 atom stereocenters. The third kappa shape index (κ3) is 3.47.